The molecule has 0 aliphatic heterocycles. The van der Waals surface area contributed by atoms with Gasteiger partial charge in [-0.25, -0.2) is 0 Å². The Morgan fingerprint density at radius 1 is 0.966 bits per heavy atom. The lowest BCUT2D eigenvalue weighted by atomic mass is 9.83. The summed E-state index contributed by atoms with van der Waals surface area (Å²) in [6, 6.07) is 0. The topological polar surface area (TPSA) is 75.3 Å². The van der Waals surface area contributed by atoms with E-state index in [2.05, 4.69) is 38.3 Å². The molecule has 3 atom stereocenters. The number of rotatable bonds is 13. The summed E-state index contributed by atoms with van der Waals surface area (Å²) in [4.78, 5) is 36.2. The monoisotopic (exact) mass is 408 g/mol. The number of carbonyl (C=O) groups is 3. The maximum Gasteiger partial charge on any atom is 0.220 e. The van der Waals surface area contributed by atoms with Crippen molar-refractivity contribution in [1.82, 2.24) is 10.6 Å². The van der Waals surface area contributed by atoms with Crippen molar-refractivity contribution in [2.24, 2.45) is 23.7 Å². The number of unbranched alkanes of at least 4 members (excludes halogenated alkanes) is 2. The predicted octanol–water partition coefficient (Wildman–Crippen LogP) is 4.64. The Hall–Kier alpha value is -1.39. The fraction of sp³-hybridized carbons (Fsp3) is 0.875. The Kier molecular flexibility index (Phi) is 12.9. The molecule has 0 radical (unpaired) electrons. The van der Waals surface area contributed by atoms with Gasteiger partial charge < -0.3 is 10.6 Å². The molecule has 2 amide bonds. The first kappa shape index (κ1) is 25.6. The molecule has 1 aliphatic carbocycles. The van der Waals surface area contributed by atoms with Crippen molar-refractivity contribution in [3.05, 3.63) is 0 Å². The predicted molar refractivity (Wildman–Crippen MR) is 118 cm³/mol. The van der Waals surface area contributed by atoms with Crippen molar-refractivity contribution in [3.63, 3.8) is 0 Å². The molecule has 0 spiro atoms. The minimum absolute atomic E-state index is 0.00298. The Morgan fingerprint density at radius 3 is 2.34 bits per heavy atom. The van der Waals surface area contributed by atoms with Gasteiger partial charge in [0.05, 0.1) is 6.54 Å². The number of Topliss-reactive ketones (excluding diaryl/α,β-unsaturated/α-hetero) is 1. The van der Waals surface area contributed by atoms with Crippen LogP contribution in [0.1, 0.15) is 98.3 Å². The molecule has 2 N–H and O–H groups in total. The van der Waals surface area contributed by atoms with Gasteiger partial charge in [-0.15, -0.1) is 0 Å². The quantitative estimate of drug-likeness (QED) is 0.344. The zero-order valence-corrected chi connectivity index (χ0v) is 19.2. The molecule has 0 aromatic carbocycles. The maximum atomic E-state index is 12.6. The van der Waals surface area contributed by atoms with E-state index in [0.717, 1.165) is 57.9 Å². The van der Waals surface area contributed by atoms with E-state index < -0.39 is 0 Å². The van der Waals surface area contributed by atoms with Crippen molar-refractivity contribution in [2.75, 3.05) is 13.1 Å². The number of nitrogens with one attached hydrogen (secondary N) is 2. The number of amides is 2. The van der Waals surface area contributed by atoms with Crippen molar-refractivity contribution in [2.45, 2.75) is 98.3 Å². The molecular weight excluding hydrogens is 364 g/mol. The highest BCUT2D eigenvalue weighted by Crippen LogP contribution is 2.35. The summed E-state index contributed by atoms with van der Waals surface area (Å²) in [5.41, 5.74) is 0. The van der Waals surface area contributed by atoms with E-state index in [1.807, 2.05) is 0 Å². The molecule has 29 heavy (non-hydrogen) atoms. The van der Waals surface area contributed by atoms with Gasteiger partial charge in [-0.1, -0.05) is 59.8 Å². The van der Waals surface area contributed by atoms with E-state index in [1.54, 1.807) is 0 Å². The molecule has 1 rings (SSSR count). The second kappa shape index (κ2) is 14.6. The van der Waals surface area contributed by atoms with Crippen LogP contribution in [0.5, 0.6) is 0 Å². The Bertz CT molecular complexity index is 504. The number of carbonyl (C=O) groups excluding carboxylic acids is 3. The minimum atomic E-state index is -0.00298. The van der Waals surface area contributed by atoms with E-state index >= 15 is 0 Å². The summed E-state index contributed by atoms with van der Waals surface area (Å²) in [6.07, 6.45) is 10.5. The molecule has 5 heteroatoms. The first-order valence-corrected chi connectivity index (χ1v) is 11.9. The average molecular weight is 409 g/mol. The van der Waals surface area contributed by atoms with Crippen LogP contribution in [0, 0.1) is 23.7 Å². The molecule has 2 unspecified atom stereocenters. The zero-order valence-electron chi connectivity index (χ0n) is 19.2. The van der Waals surface area contributed by atoms with Crippen molar-refractivity contribution >= 4 is 17.6 Å². The normalized spacial score (nSPS) is 22.2. The molecule has 0 heterocycles. The summed E-state index contributed by atoms with van der Waals surface area (Å²) in [7, 11) is 0. The molecule has 1 fully saturated rings. The summed E-state index contributed by atoms with van der Waals surface area (Å²) >= 11 is 0. The van der Waals surface area contributed by atoms with E-state index in [1.165, 1.54) is 6.42 Å². The molecule has 1 saturated carbocycles. The zero-order chi connectivity index (χ0) is 21.6. The van der Waals surface area contributed by atoms with E-state index in [0.29, 0.717) is 30.6 Å². The number of ketones is 1. The number of hydrogen-bond donors (Lipinski definition) is 2. The molecule has 168 valence electrons. The lowest BCUT2D eigenvalue weighted by molar-refractivity contribution is -0.128. The fourth-order valence-corrected chi connectivity index (χ4v) is 4.33. The van der Waals surface area contributed by atoms with E-state index in [9.17, 15) is 14.4 Å². The molecule has 5 nitrogen and oxygen atoms in total. The van der Waals surface area contributed by atoms with Gasteiger partial charge in [-0.2, -0.15) is 0 Å². The summed E-state index contributed by atoms with van der Waals surface area (Å²) in [6.45, 7) is 9.40. The van der Waals surface area contributed by atoms with Crippen LogP contribution in [0.3, 0.4) is 0 Å². The highest BCUT2D eigenvalue weighted by molar-refractivity contribution is 5.87. The van der Waals surface area contributed by atoms with Gasteiger partial charge in [0.15, 0.2) is 5.78 Å². The molecule has 0 bridgehead atoms. The lowest BCUT2D eigenvalue weighted by Gasteiger charge is -2.22. The minimum Gasteiger partial charge on any atom is -0.356 e. The molecule has 0 aromatic heterocycles. The van der Waals surface area contributed by atoms with Gasteiger partial charge in [-0.05, 0) is 43.4 Å². The van der Waals surface area contributed by atoms with Crippen LogP contribution < -0.4 is 10.6 Å². The van der Waals surface area contributed by atoms with Gasteiger partial charge in [-0.3, -0.25) is 14.4 Å². The van der Waals surface area contributed by atoms with Crippen molar-refractivity contribution in [3.8, 4) is 0 Å². The molecule has 0 aromatic rings. The second-order valence-corrected chi connectivity index (χ2v) is 9.41. The Balaban J connectivity index is 2.29. The summed E-state index contributed by atoms with van der Waals surface area (Å²) in [5.74, 6) is 1.96. The van der Waals surface area contributed by atoms with Gasteiger partial charge in [0.1, 0.15) is 0 Å². The van der Waals surface area contributed by atoms with Crippen LogP contribution in [0.2, 0.25) is 0 Å². The third kappa shape index (κ3) is 11.4. The smallest absolute Gasteiger partial charge is 0.220 e. The van der Waals surface area contributed by atoms with Crippen molar-refractivity contribution in [1.29, 1.82) is 0 Å². The molecule has 0 saturated heterocycles. The Morgan fingerprint density at radius 2 is 1.66 bits per heavy atom. The SMILES string of the molecule is CCCCC(=O)NCC(=O)C1CCC[C@@H](CCCCC(=O)NCC(C)C)CC1C. The van der Waals surface area contributed by atoms with Crippen LogP contribution in [-0.2, 0) is 14.4 Å². The average Bonchev–Trinajstić information content (AvgIpc) is 2.87. The van der Waals surface area contributed by atoms with Crippen LogP contribution in [0.25, 0.3) is 0 Å². The lowest BCUT2D eigenvalue weighted by Crippen LogP contribution is -2.34. The first-order valence-electron chi connectivity index (χ1n) is 11.9. The Labute approximate surface area is 178 Å². The highest BCUT2D eigenvalue weighted by Gasteiger charge is 2.29. The van der Waals surface area contributed by atoms with E-state index in [-0.39, 0.29) is 30.1 Å². The van der Waals surface area contributed by atoms with Crippen LogP contribution in [0.15, 0.2) is 0 Å². The van der Waals surface area contributed by atoms with Gasteiger partial charge in [0.25, 0.3) is 0 Å². The summed E-state index contributed by atoms with van der Waals surface area (Å²) < 4.78 is 0. The van der Waals surface area contributed by atoms with Gasteiger partial charge >= 0.3 is 0 Å². The third-order valence-corrected chi connectivity index (χ3v) is 6.12. The van der Waals surface area contributed by atoms with Gasteiger partial charge in [0, 0.05) is 25.3 Å². The standard InChI is InChI=1S/C24H44N2O3/c1-5-6-13-23(28)26-17-22(27)21-12-9-11-20(15-19(21)4)10-7-8-14-24(29)25-16-18(2)3/h18-21H,5-17H2,1-4H3,(H,25,29)(H,26,28)/t19?,20-,21?/m1/s1. The van der Waals surface area contributed by atoms with Crippen LogP contribution in [0.4, 0.5) is 0 Å². The number of hydrogen-bond acceptors (Lipinski definition) is 3. The second-order valence-electron chi connectivity index (χ2n) is 9.41. The first-order chi connectivity index (χ1) is 13.8. The van der Waals surface area contributed by atoms with Crippen LogP contribution >= 0.6 is 0 Å². The van der Waals surface area contributed by atoms with Gasteiger partial charge in [0.2, 0.25) is 11.8 Å². The maximum absolute atomic E-state index is 12.6. The largest absolute Gasteiger partial charge is 0.356 e. The molecule has 1 aliphatic rings. The van der Waals surface area contributed by atoms with E-state index in [4.69, 9.17) is 0 Å². The fourth-order valence-electron chi connectivity index (χ4n) is 4.33. The van der Waals surface area contributed by atoms with Crippen molar-refractivity contribution < 1.29 is 14.4 Å². The van der Waals surface area contributed by atoms with Crippen LogP contribution in [-0.4, -0.2) is 30.7 Å². The summed E-state index contributed by atoms with van der Waals surface area (Å²) in [5, 5.41) is 5.79. The highest BCUT2D eigenvalue weighted by atomic mass is 16.2. The molecular formula is C24H44N2O3. The third-order valence-electron chi connectivity index (χ3n) is 6.12.